The number of para-hydroxylation sites is 1. The maximum Gasteiger partial charge on any atom is 0.331 e. The van der Waals surface area contributed by atoms with Crippen LogP contribution in [0.25, 0.3) is 10.9 Å². The molecule has 0 radical (unpaired) electrons. The average Bonchev–Trinajstić information content (AvgIpc) is 1.66. The van der Waals surface area contributed by atoms with E-state index in [1.54, 1.807) is 63.2 Å². The molecule has 7 amide bonds. The molecule has 0 bridgehead atoms. The molecule has 91 heavy (non-hydrogen) atoms. The van der Waals surface area contributed by atoms with Gasteiger partial charge in [-0.2, -0.15) is 0 Å². The van der Waals surface area contributed by atoms with Crippen LogP contribution >= 0.6 is 0 Å². The number of esters is 1. The molecule has 0 aliphatic carbocycles. The summed E-state index contributed by atoms with van der Waals surface area (Å²) in [5.41, 5.74) is 10.6. The van der Waals surface area contributed by atoms with Crippen LogP contribution in [0.2, 0.25) is 0 Å². The van der Waals surface area contributed by atoms with Gasteiger partial charge in [-0.25, -0.2) is 9.59 Å². The van der Waals surface area contributed by atoms with Crippen LogP contribution in [-0.2, 0) is 75.1 Å². The predicted octanol–water partition coefficient (Wildman–Crippen LogP) is 8.59. The number of carbonyl (C=O) groups is 9. The van der Waals surface area contributed by atoms with E-state index in [4.69, 9.17) is 10.5 Å². The first kappa shape index (κ1) is 71.0. The Kier molecular flexibility index (Phi) is 24.6. The van der Waals surface area contributed by atoms with Crippen LogP contribution in [0, 0.1) is 35.0 Å². The normalized spacial score (nSPS) is 14.0. The van der Waals surface area contributed by atoms with Crippen LogP contribution in [0.3, 0.4) is 0 Å². The Morgan fingerprint density at radius 2 is 1.44 bits per heavy atom. The van der Waals surface area contributed by atoms with Crippen molar-refractivity contribution in [3.63, 3.8) is 0 Å². The number of ether oxygens (including phenoxy) is 1. The number of fused-ring (bicyclic) bond motifs is 3. The zero-order valence-corrected chi connectivity index (χ0v) is 54.9. The number of likely N-dealkylation sites (N-methyl/N-ethyl adjacent to an activating group) is 2. The first-order valence-electron chi connectivity index (χ1n) is 31.1. The lowest BCUT2D eigenvalue weighted by atomic mass is 9.76. The highest BCUT2D eigenvalue weighted by molar-refractivity contribution is 6.00. The number of aryl methyl sites for hydroxylation is 2. The van der Waals surface area contributed by atoms with E-state index >= 15 is 0 Å². The quantitative estimate of drug-likeness (QED) is 0.0103. The number of hydrogen-bond donors (Lipinski definition) is 7. The largest absolute Gasteiger partial charge is 0.478 e. The second-order valence-electron chi connectivity index (χ2n) is 25.9. The number of carboxylic acid groups (broad SMARTS) is 1. The second kappa shape index (κ2) is 31.6. The fourth-order valence-corrected chi connectivity index (χ4v) is 11.5. The van der Waals surface area contributed by atoms with Gasteiger partial charge in [0.05, 0.1) is 30.4 Å². The number of Topliss-reactive ketones (excluding diaryl/α,β-unsaturated/α-hetero) is 1. The van der Waals surface area contributed by atoms with Gasteiger partial charge >= 0.3 is 18.0 Å². The van der Waals surface area contributed by atoms with Crippen molar-refractivity contribution >= 4 is 75.6 Å². The number of amides is 7. The summed E-state index contributed by atoms with van der Waals surface area (Å²) in [5.74, 6) is 1.21. The molecule has 20 nitrogen and oxygen atoms in total. The lowest BCUT2D eigenvalue weighted by molar-refractivity contribution is -0.145. The van der Waals surface area contributed by atoms with Crippen molar-refractivity contribution in [3.05, 3.63) is 142 Å². The average molecular weight is 1250 g/mol. The van der Waals surface area contributed by atoms with Crippen molar-refractivity contribution < 1.29 is 53.0 Å². The van der Waals surface area contributed by atoms with Crippen molar-refractivity contribution in [2.75, 3.05) is 30.9 Å². The molecule has 1 aliphatic rings. The summed E-state index contributed by atoms with van der Waals surface area (Å²) in [6.45, 7) is 18.8. The maximum atomic E-state index is 14.5. The molecule has 5 aromatic rings. The molecule has 0 spiro atoms. The molecule has 486 valence electrons. The van der Waals surface area contributed by atoms with Gasteiger partial charge in [-0.05, 0) is 115 Å². The van der Waals surface area contributed by atoms with Crippen LogP contribution in [0.1, 0.15) is 141 Å². The van der Waals surface area contributed by atoms with Crippen molar-refractivity contribution in [3.8, 4) is 11.8 Å². The van der Waals surface area contributed by atoms with E-state index in [1.807, 2.05) is 133 Å². The number of benzene rings is 4. The number of primary amides is 1. The van der Waals surface area contributed by atoms with E-state index in [9.17, 15) is 48.3 Å². The number of nitrogens with one attached hydrogen (secondary N) is 5. The van der Waals surface area contributed by atoms with Crippen LogP contribution < -0.4 is 37.2 Å². The summed E-state index contributed by atoms with van der Waals surface area (Å²) < 4.78 is 7.68. The van der Waals surface area contributed by atoms with Crippen LogP contribution in [0.4, 0.5) is 16.2 Å². The highest BCUT2D eigenvalue weighted by Crippen LogP contribution is 2.36. The minimum absolute atomic E-state index is 0.0370. The molecule has 0 unspecified atom stereocenters. The lowest BCUT2D eigenvalue weighted by Gasteiger charge is -2.39. The van der Waals surface area contributed by atoms with E-state index in [0.717, 1.165) is 33.2 Å². The summed E-state index contributed by atoms with van der Waals surface area (Å²) in [4.78, 5) is 124. The van der Waals surface area contributed by atoms with E-state index in [1.165, 1.54) is 11.8 Å². The Bertz CT molecular complexity index is 3580. The molecule has 5 atom stereocenters. The Balaban J connectivity index is 1.05. The number of ketones is 1. The summed E-state index contributed by atoms with van der Waals surface area (Å²) in [5, 5.41) is 25.0. The Hall–Kier alpha value is -9.09. The number of urea groups is 1. The van der Waals surface area contributed by atoms with Gasteiger partial charge in [0, 0.05) is 97.1 Å². The Labute approximate surface area is 534 Å². The van der Waals surface area contributed by atoms with Gasteiger partial charge < -0.3 is 56.5 Å². The molecular weight excluding hydrogens is 1150 g/mol. The van der Waals surface area contributed by atoms with E-state index in [2.05, 4.69) is 38.4 Å². The topological polar surface area (TPSA) is 281 Å². The number of aliphatic carboxylic acids is 1. The highest BCUT2D eigenvalue weighted by Gasteiger charge is 2.43. The summed E-state index contributed by atoms with van der Waals surface area (Å²) in [6.07, 6.45) is 3.99. The highest BCUT2D eigenvalue weighted by atomic mass is 16.5. The number of anilines is 2. The van der Waals surface area contributed by atoms with Crippen LogP contribution in [-0.4, -0.2) is 113 Å². The summed E-state index contributed by atoms with van der Waals surface area (Å²) in [6, 6.07) is 23.7. The molecule has 8 N–H and O–H groups in total. The number of nitrogens with zero attached hydrogens (tertiary/aromatic N) is 3. The molecule has 1 aliphatic heterocycles. The molecule has 0 saturated heterocycles. The molecule has 6 rings (SSSR count). The first-order valence-corrected chi connectivity index (χ1v) is 31.1. The van der Waals surface area contributed by atoms with E-state index in [0.29, 0.717) is 35.3 Å². The summed E-state index contributed by atoms with van der Waals surface area (Å²) >= 11 is 0. The fourth-order valence-electron chi connectivity index (χ4n) is 11.5. The molecule has 4 aromatic carbocycles. The molecule has 0 fully saturated rings. The van der Waals surface area contributed by atoms with Crippen molar-refractivity contribution in [2.45, 2.75) is 157 Å². The second-order valence-corrected chi connectivity index (χ2v) is 25.9. The van der Waals surface area contributed by atoms with Crippen molar-refractivity contribution in [2.24, 2.45) is 36.0 Å². The number of hydrogen-bond acceptors (Lipinski definition) is 11. The standard InChI is InChI=1S/C71H91N9O11/c1-43(2)57(37-45(5)68(88)89)79(13)67(87)64(70(6,7)8)77-66(86)63(73-11)71(9,10)54-41-78(12)56-32-26-46(38-53(54)56)27-35-61(84)91-42-47-24-30-52(31-25-47)75-65(85)50(22-18-36-74-69(72)90)39-58(81)62(44(3)4)76-59(82)33-34-60(83)80-40-51-21-15-14-19-48(51)28-29-49-20-16-17-23-55(49)80/h14-17,19-21,23-26,30-32,37-38,41,43-44,50,57,62-64,73H,18,22,27,33-36,39-40,42H2,1-13H3,(H,75,85)(H,76,82)(H,77,86)(H,88,89)(H3,72,74,90)/b45-37+/t50-,57-,62+,63-,64-/m1/s1. The number of carboxylic acids is 1. The van der Waals surface area contributed by atoms with Gasteiger partial charge in [0.25, 0.3) is 0 Å². The molecule has 1 aromatic heterocycles. The van der Waals surface area contributed by atoms with E-state index < -0.39 is 70.7 Å². The molecular formula is C71H91N9O11. The zero-order valence-electron chi connectivity index (χ0n) is 54.9. The Morgan fingerprint density at radius 3 is 2.08 bits per heavy atom. The van der Waals surface area contributed by atoms with Gasteiger partial charge in [-0.15, -0.1) is 0 Å². The maximum absolute atomic E-state index is 14.5. The van der Waals surface area contributed by atoms with Gasteiger partial charge in [-0.1, -0.05) is 129 Å². The number of carbonyl (C=O) groups excluding carboxylic acids is 8. The predicted molar refractivity (Wildman–Crippen MR) is 352 cm³/mol. The van der Waals surface area contributed by atoms with Gasteiger partial charge in [0.1, 0.15) is 12.6 Å². The van der Waals surface area contributed by atoms with Gasteiger partial charge in [0.2, 0.25) is 29.5 Å². The van der Waals surface area contributed by atoms with E-state index in [-0.39, 0.29) is 92.7 Å². The van der Waals surface area contributed by atoms with Gasteiger partial charge in [0.15, 0.2) is 5.78 Å². The fraction of sp³-hybridized carbons (Fsp3) is 0.451. The third kappa shape index (κ3) is 19.0. The van der Waals surface area contributed by atoms with Gasteiger partial charge in [-0.3, -0.25) is 33.6 Å². The minimum Gasteiger partial charge on any atom is -0.478 e. The number of aromatic nitrogens is 1. The van der Waals surface area contributed by atoms with Crippen LogP contribution in [0.15, 0.2) is 109 Å². The first-order chi connectivity index (χ1) is 42.9. The Morgan fingerprint density at radius 1 is 0.791 bits per heavy atom. The molecule has 20 heteroatoms. The third-order valence-corrected chi connectivity index (χ3v) is 16.8. The number of rotatable bonds is 29. The summed E-state index contributed by atoms with van der Waals surface area (Å²) in [7, 11) is 5.25. The SMILES string of the molecule is CN[C@H](C(=O)N[C@H](C(=O)N(C)[C@H](/C=C(\C)C(=O)O)C(C)C)C(C)(C)C)C(C)(C)c1cn(C)c2ccc(CCC(=O)OCc3ccc(NC(=O)[C@H](CCCNC(N)=O)CC(=O)[C@@H](NC(=O)CCC(=O)N4Cc5ccccc5C#Cc5ccccc54)C(C)C)cc3)cc12. The van der Waals surface area contributed by atoms with Crippen molar-refractivity contribution in [1.29, 1.82) is 0 Å². The monoisotopic (exact) mass is 1250 g/mol. The molecule has 2 heterocycles. The molecule has 0 saturated carbocycles. The van der Waals surface area contributed by atoms with Crippen LogP contribution in [0.5, 0.6) is 0 Å². The lowest BCUT2D eigenvalue weighted by Crippen LogP contribution is -2.61. The smallest absolute Gasteiger partial charge is 0.331 e. The van der Waals surface area contributed by atoms with Crippen molar-refractivity contribution in [1.82, 2.24) is 30.7 Å². The zero-order chi connectivity index (χ0) is 67.1. The number of nitrogens with two attached hydrogens (primary N) is 1. The minimum atomic E-state index is -1.08. The third-order valence-electron chi connectivity index (χ3n) is 16.8.